The molecule has 0 aliphatic rings. The van der Waals surface area contributed by atoms with Crippen molar-refractivity contribution < 1.29 is 4.39 Å². The summed E-state index contributed by atoms with van der Waals surface area (Å²) in [7, 11) is 0. The van der Waals surface area contributed by atoms with Gasteiger partial charge in [0, 0.05) is 0 Å². The summed E-state index contributed by atoms with van der Waals surface area (Å²) < 4.78 is 16.2. The van der Waals surface area contributed by atoms with Crippen LogP contribution in [0.15, 0.2) is 12.1 Å². The number of benzene rings is 1. The zero-order valence-corrected chi connectivity index (χ0v) is 13.0. The van der Waals surface area contributed by atoms with E-state index in [0.717, 1.165) is 6.07 Å². The zero-order valence-electron chi connectivity index (χ0n) is 6.94. The van der Waals surface area contributed by atoms with Crippen molar-refractivity contribution >= 4 is 52.3 Å². The van der Waals surface area contributed by atoms with E-state index in [9.17, 15) is 4.39 Å². The van der Waals surface area contributed by atoms with Crippen LogP contribution in [0.5, 0.6) is 0 Å². The average molecular weight is 445 g/mol. The van der Waals surface area contributed by atoms with Gasteiger partial charge in [0.05, 0.1) is 0 Å². The number of nitriles is 1. The van der Waals surface area contributed by atoms with Gasteiger partial charge in [-0.15, -0.1) is 0 Å². The Morgan fingerprint density at radius 3 is 2.71 bits per heavy atom. The Morgan fingerprint density at radius 1 is 1.64 bits per heavy atom. The second kappa shape index (κ2) is 4.84. The van der Waals surface area contributed by atoms with Gasteiger partial charge < -0.3 is 0 Å². The molecule has 14 heavy (non-hydrogen) atoms. The van der Waals surface area contributed by atoms with Crippen molar-refractivity contribution in [2.24, 2.45) is 0 Å². The van der Waals surface area contributed by atoms with Crippen LogP contribution in [0, 0.1) is 22.6 Å². The van der Waals surface area contributed by atoms with Gasteiger partial charge in [-0.2, -0.15) is 0 Å². The second-order valence-corrected chi connectivity index (χ2v) is 4.37. The van der Waals surface area contributed by atoms with Crippen molar-refractivity contribution in [1.29, 1.82) is 10.7 Å². The molecule has 1 rings (SSSR count). The van der Waals surface area contributed by atoms with E-state index in [4.69, 9.17) is 10.7 Å². The molecule has 0 bridgehead atoms. The SMILES string of the molecule is N#Cc1cc(F)c([NH][Tl])c(C(=N)Br)c1. The van der Waals surface area contributed by atoms with E-state index >= 15 is 0 Å². The van der Waals surface area contributed by atoms with Crippen LogP contribution in [0.4, 0.5) is 10.1 Å². The molecule has 1 aromatic rings. The van der Waals surface area contributed by atoms with Gasteiger partial charge in [0.25, 0.3) is 0 Å². The standard InChI is InChI=1S/C8H4BrFN3.Tl/c9-8(13)5-1-4(3-11)2-6(10)7(5)12;/h1-2,12-13H;/q-1;+1. The van der Waals surface area contributed by atoms with Crippen LogP contribution in [0.25, 0.3) is 0 Å². The fourth-order valence-electron chi connectivity index (χ4n) is 0.991. The summed E-state index contributed by atoms with van der Waals surface area (Å²) in [5, 5.41) is 16.0. The number of rotatable bonds is 2. The Hall–Kier alpha value is -0.488. The molecule has 0 fully saturated rings. The first-order chi connectivity index (χ1) is 6.60. The fraction of sp³-hybridized carbons (Fsp3) is 0. The molecule has 0 aromatic heterocycles. The molecule has 3 nitrogen and oxygen atoms in total. The number of hydrogen-bond acceptors (Lipinski definition) is 3. The molecule has 2 N–H and O–H groups in total. The molecular formula is C8H4BrFN3Tl. The molecule has 0 radical (unpaired) electrons. The van der Waals surface area contributed by atoms with Crippen LogP contribution < -0.4 is 3.13 Å². The zero-order chi connectivity index (χ0) is 10.7. The summed E-state index contributed by atoms with van der Waals surface area (Å²) in [5.41, 5.74) is 0.880. The normalized spacial score (nSPS) is 9.14. The van der Waals surface area contributed by atoms with Gasteiger partial charge in [-0.1, -0.05) is 0 Å². The summed E-state index contributed by atoms with van der Waals surface area (Å²) in [6, 6.07) is 4.48. The number of nitrogens with one attached hydrogen (secondary N) is 2. The average Bonchev–Trinajstić information content (AvgIpc) is 2.16. The molecule has 0 aliphatic heterocycles. The van der Waals surface area contributed by atoms with Crippen LogP contribution in [0.2, 0.25) is 0 Å². The predicted molar refractivity (Wildman–Crippen MR) is 56.2 cm³/mol. The van der Waals surface area contributed by atoms with E-state index in [0.29, 0.717) is 31.6 Å². The minimum atomic E-state index is -0.495. The van der Waals surface area contributed by atoms with E-state index < -0.39 is 5.82 Å². The number of halogens is 2. The topological polar surface area (TPSA) is 59.7 Å². The Morgan fingerprint density at radius 2 is 2.29 bits per heavy atom. The Labute approximate surface area is 105 Å². The third-order valence-electron chi connectivity index (χ3n) is 1.60. The maximum atomic E-state index is 13.4. The summed E-state index contributed by atoms with van der Waals surface area (Å²) in [6.07, 6.45) is 0. The maximum absolute atomic E-state index is 13.4. The van der Waals surface area contributed by atoms with Crippen molar-refractivity contribution in [1.82, 2.24) is 0 Å². The van der Waals surface area contributed by atoms with Crippen molar-refractivity contribution in [3.63, 3.8) is 0 Å². The number of hydrogen-bond donors (Lipinski definition) is 2. The first-order valence-corrected chi connectivity index (χ1v) is 6.58. The van der Waals surface area contributed by atoms with Gasteiger partial charge in [0.1, 0.15) is 0 Å². The molecule has 0 saturated heterocycles. The van der Waals surface area contributed by atoms with Crippen molar-refractivity contribution in [2.45, 2.75) is 0 Å². The third-order valence-corrected chi connectivity index (χ3v) is 3.15. The molecule has 6 heteroatoms. The fourth-order valence-corrected chi connectivity index (χ4v) is 2.44. The van der Waals surface area contributed by atoms with Crippen LogP contribution in [0.3, 0.4) is 0 Å². The van der Waals surface area contributed by atoms with Crippen molar-refractivity contribution in [2.75, 3.05) is 3.13 Å². The van der Waals surface area contributed by atoms with Crippen molar-refractivity contribution in [3.05, 3.63) is 29.1 Å². The summed E-state index contributed by atoms with van der Waals surface area (Å²) >= 11 is 3.34. The first-order valence-electron chi connectivity index (χ1n) is 3.54. The van der Waals surface area contributed by atoms with Gasteiger partial charge in [0.15, 0.2) is 0 Å². The van der Waals surface area contributed by atoms with Gasteiger partial charge in [-0.05, 0) is 0 Å². The Bertz CT molecular complexity index is 427. The molecule has 0 atom stereocenters. The van der Waals surface area contributed by atoms with Gasteiger partial charge in [-0.3, -0.25) is 0 Å². The molecule has 0 heterocycles. The van der Waals surface area contributed by atoms with Gasteiger partial charge >= 0.3 is 106 Å². The molecule has 0 amide bonds. The Balaban J connectivity index is 3.45. The number of anilines is 1. The predicted octanol–water partition coefficient (Wildman–Crippen LogP) is 1.91. The van der Waals surface area contributed by atoms with Gasteiger partial charge in [0.2, 0.25) is 0 Å². The van der Waals surface area contributed by atoms with E-state index in [1.54, 1.807) is 0 Å². The van der Waals surface area contributed by atoms with Gasteiger partial charge in [-0.25, -0.2) is 0 Å². The number of nitrogens with zero attached hydrogens (tertiary/aromatic N) is 1. The molecule has 0 aliphatic carbocycles. The third kappa shape index (κ3) is 2.30. The molecule has 1 aromatic carbocycles. The summed E-state index contributed by atoms with van der Waals surface area (Å²) in [4.78, 5) is 0. The summed E-state index contributed by atoms with van der Waals surface area (Å²) in [6.45, 7) is 0. The van der Waals surface area contributed by atoms with Crippen LogP contribution in [0.1, 0.15) is 11.1 Å². The molecule has 68 valence electrons. The quantitative estimate of drug-likeness (QED) is 0.540. The second-order valence-electron chi connectivity index (χ2n) is 2.45. The minimum absolute atomic E-state index is 0.0663. The van der Waals surface area contributed by atoms with Crippen LogP contribution in [-0.4, -0.2) is 30.7 Å². The molecule has 0 spiro atoms. The van der Waals surface area contributed by atoms with E-state index in [-0.39, 0.29) is 15.9 Å². The summed E-state index contributed by atoms with van der Waals surface area (Å²) in [5.74, 6) is -0.495. The van der Waals surface area contributed by atoms with E-state index in [2.05, 4.69) is 19.1 Å². The molecule has 0 saturated carbocycles. The first kappa shape index (κ1) is 11.6. The monoisotopic (exact) mass is 445 g/mol. The Kier molecular flexibility index (Phi) is 4.00. The van der Waals surface area contributed by atoms with Crippen LogP contribution >= 0.6 is 15.9 Å². The molecular weight excluding hydrogens is 441 g/mol. The van der Waals surface area contributed by atoms with Crippen LogP contribution in [-0.2, 0) is 0 Å². The van der Waals surface area contributed by atoms with E-state index in [1.807, 2.05) is 6.07 Å². The molecule has 0 unspecified atom stereocenters. The van der Waals surface area contributed by atoms with E-state index in [1.165, 1.54) is 6.07 Å². The van der Waals surface area contributed by atoms with Crippen molar-refractivity contribution in [3.8, 4) is 6.07 Å².